The van der Waals surface area contributed by atoms with Crippen LogP contribution in [0.25, 0.3) is 0 Å². The summed E-state index contributed by atoms with van der Waals surface area (Å²) in [4.78, 5) is 84.8. The third-order valence-corrected chi connectivity index (χ3v) is 7.02. The second-order valence-electron chi connectivity index (χ2n) is 10.7. The van der Waals surface area contributed by atoms with Crippen molar-refractivity contribution in [1.82, 2.24) is 14.7 Å². The molecule has 0 aliphatic carbocycles. The van der Waals surface area contributed by atoms with Gasteiger partial charge in [0.2, 0.25) is 0 Å². The SMILES string of the molecule is CC(C)(C)OC(=O)N1CCC(C(=O)O)(N2C(=O)C=CC2=O)CC1.O=C1C=CC(=O)N1C1(C(=O)[O-])CC[NH2+]CC1. The van der Waals surface area contributed by atoms with Crippen molar-refractivity contribution in [3.63, 3.8) is 0 Å². The van der Waals surface area contributed by atoms with E-state index >= 15 is 0 Å². The van der Waals surface area contributed by atoms with Crippen molar-refractivity contribution in [3.05, 3.63) is 24.3 Å². The number of amides is 5. The average molecular weight is 549 g/mol. The van der Waals surface area contributed by atoms with Gasteiger partial charge < -0.3 is 30.0 Å². The molecule has 39 heavy (non-hydrogen) atoms. The second kappa shape index (κ2) is 11.0. The minimum absolute atomic E-state index is 0.0270. The summed E-state index contributed by atoms with van der Waals surface area (Å²) in [6, 6.07) is 0. The minimum atomic E-state index is -1.61. The predicted octanol–water partition coefficient (Wildman–Crippen LogP) is -2.48. The molecule has 212 valence electrons. The fraction of sp³-hybridized carbons (Fsp3) is 0.560. The van der Waals surface area contributed by atoms with E-state index in [4.69, 9.17) is 4.74 Å². The average Bonchev–Trinajstić information content (AvgIpc) is 3.38. The smallest absolute Gasteiger partial charge is 0.410 e. The van der Waals surface area contributed by atoms with Gasteiger partial charge in [0.1, 0.15) is 11.1 Å². The van der Waals surface area contributed by atoms with Crippen LogP contribution in [0.2, 0.25) is 0 Å². The summed E-state index contributed by atoms with van der Waals surface area (Å²) in [5.41, 5.74) is -3.72. The number of piperidine rings is 2. The predicted molar refractivity (Wildman–Crippen MR) is 128 cm³/mol. The molecule has 4 rings (SSSR count). The van der Waals surface area contributed by atoms with Gasteiger partial charge in [0, 0.05) is 50.2 Å². The molecule has 0 spiro atoms. The molecule has 3 N–H and O–H groups in total. The Bertz CT molecular complexity index is 1100. The Hall–Kier alpha value is -4.07. The molecule has 4 aliphatic rings. The Morgan fingerprint density at radius 1 is 0.821 bits per heavy atom. The number of carbonyl (C=O) groups is 7. The quantitative estimate of drug-likeness (QED) is 0.355. The van der Waals surface area contributed by atoms with E-state index in [-0.39, 0.29) is 38.8 Å². The first-order valence-electron chi connectivity index (χ1n) is 12.5. The van der Waals surface area contributed by atoms with Crippen LogP contribution in [0.4, 0.5) is 4.79 Å². The summed E-state index contributed by atoms with van der Waals surface area (Å²) in [6.07, 6.45) is 4.23. The molecule has 4 heterocycles. The summed E-state index contributed by atoms with van der Waals surface area (Å²) in [5.74, 6) is -4.98. The lowest BCUT2D eigenvalue weighted by Crippen LogP contribution is -2.89. The number of quaternary nitrogens is 1. The zero-order valence-corrected chi connectivity index (χ0v) is 22.0. The van der Waals surface area contributed by atoms with E-state index in [1.54, 1.807) is 20.8 Å². The number of carboxylic acid groups (broad SMARTS) is 2. The van der Waals surface area contributed by atoms with Crippen molar-refractivity contribution in [2.24, 2.45) is 0 Å². The maximum absolute atomic E-state index is 12.0. The summed E-state index contributed by atoms with van der Waals surface area (Å²) in [7, 11) is 0. The van der Waals surface area contributed by atoms with E-state index < -0.39 is 58.3 Å². The fourth-order valence-corrected chi connectivity index (χ4v) is 5.03. The molecule has 0 aromatic carbocycles. The Kier molecular flexibility index (Phi) is 8.29. The third kappa shape index (κ3) is 5.85. The zero-order valence-electron chi connectivity index (χ0n) is 22.0. The van der Waals surface area contributed by atoms with Crippen LogP contribution in [-0.2, 0) is 33.5 Å². The highest BCUT2D eigenvalue weighted by molar-refractivity contribution is 6.16. The molecule has 0 aromatic heterocycles. The molecular formula is C25H32N4O10. The van der Waals surface area contributed by atoms with Gasteiger partial charge in [-0.15, -0.1) is 0 Å². The molecule has 0 atom stereocenters. The van der Waals surface area contributed by atoms with E-state index in [0.29, 0.717) is 13.1 Å². The molecule has 5 amide bonds. The van der Waals surface area contributed by atoms with Crippen LogP contribution in [0.15, 0.2) is 24.3 Å². The molecular weight excluding hydrogens is 516 g/mol. The maximum atomic E-state index is 12.0. The van der Waals surface area contributed by atoms with E-state index in [1.165, 1.54) is 4.90 Å². The first-order chi connectivity index (χ1) is 18.1. The van der Waals surface area contributed by atoms with E-state index in [2.05, 4.69) is 0 Å². The van der Waals surface area contributed by atoms with Crippen molar-refractivity contribution in [3.8, 4) is 0 Å². The van der Waals surface area contributed by atoms with Crippen molar-refractivity contribution in [1.29, 1.82) is 0 Å². The molecule has 14 nitrogen and oxygen atoms in total. The van der Waals surface area contributed by atoms with Crippen LogP contribution >= 0.6 is 0 Å². The highest BCUT2D eigenvalue weighted by Gasteiger charge is 2.53. The summed E-state index contributed by atoms with van der Waals surface area (Å²) in [6.45, 7) is 6.56. The number of carbonyl (C=O) groups excluding carboxylic acids is 6. The highest BCUT2D eigenvalue weighted by Crippen LogP contribution is 2.33. The Labute approximate surface area is 224 Å². The van der Waals surface area contributed by atoms with Gasteiger partial charge in [0.25, 0.3) is 23.6 Å². The van der Waals surface area contributed by atoms with Crippen LogP contribution in [-0.4, -0.2) is 104 Å². The molecule has 2 saturated heterocycles. The fourth-order valence-electron chi connectivity index (χ4n) is 5.03. The molecule has 14 heteroatoms. The molecule has 4 aliphatic heterocycles. The zero-order chi connectivity index (χ0) is 29.2. The number of nitrogens with zero attached hydrogens (tertiary/aromatic N) is 3. The van der Waals surface area contributed by atoms with Gasteiger partial charge in [-0.2, -0.15) is 0 Å². The van der Waals surface area contributed by atoms with Gasteiger partial charge in [-0.1, -0.05) is 0 Å². The molecule has 0 aromatic rings. The molecule has 0 bridgehead atoms. The van der Waals surface area contributed by atoms with E-state index in [0.717, 1.165) is 34.1 Å². The molecule has 0 radical (unpaired) electrons. The van der Waals surface area contributed by atoms with Gasteiger partial charge in [-0.25, -0.2) is 9.59 Å². The standard InChI is InChI=1S/C15H20N2O6.C10H12N2O4/c1-14(2,3)23-13(22)16-8-6-15(7-9-16,12(20)21)17-10(18)4-5-11(17)19;13-7-1-2-8(14)12(7)10(9(15)16)3-5-11-6-4-10/h4-5H,6-9H2,1-3H3,(H,20,21);1-2,11H,3-6H2,(H,15,16). The minimum Gasteiger partial charge on any atom is -0.548 e. The summed E-state index contributed by atoms with van der Waals surface area (Å²) < 4.78 is 5.25. The lowest BCUT2D eigenvalue weighted by atomic mass is 9.85. The highest BCUT2D eigenvalue weighted by atomic mass is 16.6. The Morgan fingerprint density at radius 2 is 1.23 bits per heavy atom. The number of hydrogen-bond donors (Lipinski definition) is 2. The number of ether oxygens (including phenoxy) is 1. The van der Waals surface area contributed by atoms with Gasteiger partial charge in [0.15, 0.2) is 5.54 Å². The monoisotopic (exact) mass is 548 g/mol. The van der Waals surface area contributed by atoms with E-state index in [9.17, 15) is 43.8 Å². The number of likely N-dealkylation sites (tertiary alicyclic amines) is 1. The largest absolute Gasteiger partial charge is 0.548 e. The van der Waals surface area contributed by atoms with Crippen LogP contribution in [0.3, 0.4) is 0 Å². The van der Waals surface area contributed by atoms with Crippen LogP contribution in [0.1, 0.15) is 46.5 Å². The number of hydrogen-bond acceptors (Lipinski definition) is 9. The van der Waals surface area contributed by atoms with Gasteiger partial charge in [0.05, 0.1) is 19.1 Å². The van der Waals surface area contributed by atoms with Crippen LogP contribution in [0.5, 0.6) is 0 Å². The molecule has 0 unspecified atom stereocenters. The number of carboxylic acids is 2. The van der Waals surface area contributed by atoms with Crippen molar-refractivity contribution in [2.75, 3.05) is 26.2 Å². The van der Waals surface area contributed by atoms with Crippen molar-refractivity contribution in [2.45, 2.75) is 63.1 Å². The third-order valence-electron chi connectivity index (χ3n) is 7.02. The van der Waals surface area contributed by atoms with Crippen molar-refractivity contribution < 1.29 is 53.8 Å². The maximum Gasteiger partial charge on any atom is 0.410 e. The van der Waals surface area contributed by atoms with Crippen molar-refractivity contribution >= 4 is 41.7 Å². The molecule has 2 fully saturated rings. The second-order valence-corrected chi connectivity index (χ2v) is 10.7. The topological polar surface area (TPSA) is 198 Å². The van der Waals surface area contributed by atoms with Gasteiger partial charge >= 0.3 is 12.1 Å². The number of aliphatic carboxylic acids is 2. The lowest BCUT2D eigenvalue weighted by molar-refractivity contribution is -0.665. The normalized spacial score (nSPS) is 22.1. The number of nitrogens with two attached hydrogens (primary N) is 1. The van der Waals surface area contributed by atoms with E-state index in [1.807, 2.05) is 5.32 Å². The number of imide groups is 2. The van der Waals surface area contributed by atoms with Gasteiger partial charge in [-0.3, -0.25) is 29.0 Å². The first kappa shape index (κ1) is 29.5. The first-order valence-corrected chi connectivity index (χ1v) is 12.5. The van der Waals surface area contributed by atoms with Gasteiger partial charge in [-0.05, 0) is 33.6 Å². The Morgan fingerprint density at radius 3 is 1.59 bits per heavy atom. The van der Waals surface area contributed by atoms with Crippen LogP contribution < -0.4 is 10.4 Å². The molecule has 0 saturated carbocycles. The van der Waals surface area contributed by atoms with Crippen LogP contribution in [0, 0.1) is 0 Å². The summed E-state index contributed by atoms with van der Waals surface area (Å²) >= 11 is 0. The lowest BCUT2D eigenvalue weighted by Gasteiger charge is -2.43. The Balaban J connectivity index is 0.000000230. The summed E-state index contributed by atoms with van der Waals surface area (Å²) in [5, 5.41) is 22.8. The number of rotatable bonds is 4.